The maximum atomic E-state index is 12.2. The summed E-state index contributed by atoms with van der Waals surface area (Å²) in [7, 11) is -3.57. The molecular formula is C15H23N3O2S. The second-order valence-electron chi connectivity index (χ2n) is 5.46. The van der Waals surface area contributed by atoms with Crippen LogP contribution in [0.1, 0.15) is 33.3 Å². The zero-order chi connectivity index (χ0) is 16.0. The molecule has 0 saturated heterocycles. The van der Waals surface area contributed by atoms with Crippen LogP contribution in [0.4, 0.5) is 0 Å². The third-order valence-corrected chi connectivity index (χ3v) is 4.72. The van der Waals surface area contributed by atoms with E-state index in [0.717, 1.165) is 0 Å². The zero-order valence-corrected chi connectivity index (χ0v) is 13.8. The fraction of sp³-hybridized carbons (Fsp3) is 0.533. The SMILES string of the molecule is CC(C)N(CCNS(=O)(=O)c1cccc(C#N)c1)C(C)C. The lowest BCUT2D eigenvalue weighted by Gasteiger charge is -2.30. The summed E-state index contributed by atoms with van der Waals surface area (Å²) < 4.78 is 27.0. The molecule has 0 fully saturated rings. The maximum Gasteiger partial charge on any atom is 0.240 e. The molecule has 5 nitrogen and oxygen atoms in total. The molecule has 0 amide bonds. The molecule has 1 aromatic carbocycles. The van der Waals surface area contributed by atoms with Crippen LogP contribution >= 0.6 is 0 Å². The van der Waals surface area contributed by atoms with Gasteiger partial charge in [-0.25, -0.2) is 13.1 Å². The van der Waals surface area contributed by atoms with E-state index in [-0.39, 0.29) is 4.90 Å². The van der Waals surface area contributed by atoms with Gasteiger partial charge in [0.05, 0.1) is 16.5 Å². The van der Waals surface area contributed by atoms with Crippen molar-refractivity contribution in [3.8, 4) is 6.07 Å². The molecular weight excluding hydrogens is 286 g/mol. The molecule has 0 atom stereocenters. The molecule has 0 aliphatic rings. The van der Waals surface area contributed by atoms with Crippen LogP contribution in [-0.4, -0.2) is 38.5 Å². The molecule has 1 rings (SSSR count). The van der Waals surface area contributed by atoms with Gasteiger partial charge in [-0.1, -0.05) is 6.07 Å². The first-order chi connectivity index (χ1) is 9.77. The van der Waals surface area contributed by atoms with Gasteiger partial charge < -0.3 is 0 Å². The quantitative estimate of drug-likeness (QED) is 0.835. The Kier molecular flexibility index (Phi) is 6.34. The van der Waals surface area contributed by atoms with Crippen LogP contribution in [0.2, 0.25) is 0 Å². The van der Waals surface area contributed by atoms with E-state index in [1.54, 1.807) is 12.1 Å². The van der Waals surface area contributed by atoms with Crippen LogP contribution in [-0.2, 0) is 10.0 Å². The second kappa shape index (κ2) is 7.55. The highest BCUT2D eigenvalue weighted by atomic mass is 32.2. The molecule has 0 heterocycles. The van der Waals surface area contributed by atoms with Crippen molar-refractivity contribution >= 4 is 10.0 Å². The van der Waals surface area contributed by atoms with Crippen molar-refractivity contribution < 1.29 is 8.42 Å². The van der Waals surface area contributed by atoms with Gasteiger partial charge in [-0.05, 0) is 45.9 Å². The first-order valence-corrected chi connectivity index (χ1v) is 8.52. The van der Waals surface area contributed by atoms with Crippen molar-refractivity contribution in [2.75, 3.05) is 13.1 Å². The molecule has 0 spiro atoms. The number of nitriles is 1. The largest absolute Gasteiger partial charge is 0.297 e. The number of sulfonamides is 1. The minimum atomic E-state index is -3.57. The highest BCUT2D eigenvalue weighted by Crippen LogP contribution is 2.11. The Hall–Kier alpha value is -1.42. The molecule has 0 aromatic heterocycles. The lowest BCUT2D eigenvalue weighted by molar-refractivity contribution is 0.179. The van der Waals surface area contributed by atoms with E-state index in [1.807, 2.05) is 6.07 Å². The van der Waals surface area contributed by atoms with E-state index in [4.69, 9.17) is 5.26 Å². The minimum absolute atomic E-state index is 0.127. The lowest BCUT2D eigenvalue weighted by Crippen LogP contribution is -2.42. The van der Waals surface area contributed by atoms with Crippen molar-refractivity contribution in [3.63, 3.8) is 0 Å². The van der Waals surface area contributed by atoms with Gasteiger partial charge in [-0.3, -0.25) is 4.90 Å². The average molecular weight is 309 g/mol. The summed E-state index contributed by atoms with van der Waals surface area (Å²) >= 11 is 0. The van der Waals surface area contributed by atoms with E-state index < -0.39 is 10.0 Å². The molecule has 21 heavy (non-hydrogen) atoms. The molecule has 0 saturated carbocycles. The second-order valence-corrected chi connectivity index (χ2v) is 7.23. The zero-order valence-electron chi connectivity index (χ0n) is 13.0. The van der Waals surface area contributed by atoms with Gasteiger partial charge in [0, 0.05) is 25.2 Å². The Bertz CT molecular complexity index is 596. The number of nitrogens with zero attached hydrogens (tertiary/aromatic N) is 2. The first kappa shape index (κ1) is 17.6. The summed E-state index contributed by atoms with van der Waals surface area (Å²) in [6.45, 7) is 9.34. The van der Waals surface area contributed by atoms with E-state index >= 15 is 0 Å². The van der Waals surface area contributed by atoms with Gasteiger partial charge in [-0.15, -0.1) is 0 Å². The summed E-state index contributed by atoms with van der Waals surface area (Å²) in [5.74, 6) is 0. The minimum Gasteiger partial charge on any atom is -0.297 e. The smallest absolute Gasteiger partial charge is 0.240 e. The van der Waals surface area contributed by atoms with Crippen molar-refractivity contribution in [1.82, 2.24) is 9.62 Å². The van der Waals surface area contributed by atoms with Crippen LogP contribution in [0, 0.1) is 11.3 Å². The van der Waals surface area contributed by atoms with E-state index in [9.17, 15) is 8.42 Å². The Morgan fingerprint density at radius 1 is 1.24 bits per heavy atom. The Morgan fingerprint density at radius 2 is 1.86 bits per heavy atom. The van der Waals surface area contributed by atoms with Crippen LogP contribution in [0.3, 0.4) is 0 Å². The number of rotatable bonds is 7. The Morgan fingerprint density at radius 3 is 2.38 bits per heavy atom. The molecule has 116 valence electrons. The highest BCUT2D eigenvalue weighted by molar-refractivity contribution is 7.89. The number of nitrogens with one attached hydrogen (secondary N) is 1. The maximum absolute atomic E-state index is 12.2. The van der Waals surface area contributed by atoms with Crippen molar-refractivity contribution in [3.05, 3.63) is 29.8 Å². The molecule has 6 heteroatoms. The fourth-order valence-corrected chi connectivity index (χ4v) is 3.30. The normalized spacial score (nSPS) is 12.1. The van der Waals surface area contributed by atoms with Crippen molar-refractivity contribution in [2.45, 2.75) is 44.7 Å². The monoisotopic (exact) mass is 309 g/mol. The fourth-order valence-electron chi connectivity index (χ4n) is 2.24. The molecule has 1 aromatic rings. The van der Waals surface area contributed by atoms with Crippen molar-refractivity contribution in [1.29, 1.82) is 5.26 Å². The first-order valence-electron chi connectivity index (χ1n) is 7.03. The summed E-state index contributed by atoms with van der Waals surface area (Å²) in [5, 5.41) is 8.83. The van der Waals surface area contributed by atoms with Gasteiger partial charge in [0.25, 0.3) is 0 Å². The lowest BCUT2D eigenvalue weighted by atomic mass is 10.2. The Labute approximate surface area is 127 Å². The van der Waals surface area contributed by atoms with E-state index in [2.05, 4.69) is 37.3 Å². The molecule has 0 bridgehead atoms. The van der Waals surface area contributed by atoms with Gasteiger partial charge in [0.15, 0.2) is 0 Å². The Balaban J connectivity index is 2.71. The van der Waals surface area contributed by atoms with Crippen LogP contribution < -0.4 is 4.72 Å². The molecule has 0 aliphatic heterocycles. The predicted octanol–water partition coefficient (Wildman–Crippen LogP) is 1.96. The van der Waals surface area contributed by atoms with E-state index in [1.165, 1.54) is 12.1 Å². The van der Waals surface area contributed by atoms with E-state index in [0.29, 0.717) is 30.7 Å². The third-order valence-electron chi connectivity index (χ3n) is 3.26. The summed E-state index contributed by atoms with van der Waals surface area (Å²) in [4.78, 5) is 2.34. The number of benzene rings is 1. The van der Waals surface area contributed by atoms with Crippen LogP contribution in [0.15, 0.2) is 29.2 Å². The third kappa shape index (κ3) is 5.12. The van der Waals surface area contributed by atoms with Gasteiger partial charge >= 0.3 is 0 Å². The molecule has 0 aliphatic carbocycles. The average Bonchev–Trinajstić information content (AvgIpc) is 2.42. The summed E-state index contributed by atoms with van der Waals surface area (Å²) in [6.07, 6.45) is 0. The van der Waals surface area contributed by atoms with Gasteiger partial charge in [0.2, 0.25) is 10.0 Å². The van der Waals surface area contributed by atoms with Gasteiger partial charge in [0.1, 0.15) is 0 Å². The highest BCUT2D eigenvalue weighted by Gasteiger charge is 2.17. The number of hydrogen-bond acceptors (Lipinski definition) is 4. The summed E-state index contributed by atoms with van der Waals surface area (Å²) in [5.41, 5.74) is 0.337. The molecule has 0 radical (unpaired) electrons. The molecule has 0 unspecified atom stereocenters. The van der Waals surface area contributed by atoms with Crippen LogP contribution in [0.5, 0.6) is 0 Å². The van der Waals surface area contributed by atoms with Crippen LogP contribution in [0.25, 0.3) is 0 Å². The molecule has 1 N–H and O–H groups in total. The summed E-state index contributed by atoms with van der Waals surface area (Å²) in [6, 6.07) is 8.68. The van der Waals surface area contributed by atoms with Gasteiger partial charge in [-0.2, -0.15) is 5.26 Å². The predicted molar refractivity (Wildman–Crippen MR) is 83.3 cm³/mol. The standard InChI is InChI=1S/C15H23N3O2S/c1-12(2)18(13(3)4)9-8-17-21(19,20)15-7-5-6-14(10-15)11-16/h5-7,10,12-13,17H,8-9H2,1-4H3. The van der Waals surface area contributed by atoms with Crippen molar-refractivity contribution in [2.24, 2.45) is 0 Å². The number of hydrogen-bond donors (Lipinski definition) is 1. The topological polar surface area (TPSA) is 73.2 Å².